The van der Waals surface area contributed by atoms with Gasteiger partial charge in [0, 0.05) is 5.92 Å². The van der Waals surface area contributed by atoms with Crippen LogP contribution in [0.4, 0.5) is 0 Å². The molecule has 22 heavy (non-hydrogen) atoms. The molecule has 3 aliphatic rings. The van der Waals surface area contributed by atoms with Crippen LogP contribution in [0.1, 0.15) is 33.6 Å². The van der Waals surface area contributed by atoms with Crippen LogP contribution < -0.4 is 0 Å². The molecule has 3 aliphatic carbocycles. The molecular formula is C21H26Si. The van der Waals surface area contributed by atoms with Crippen molar-refractivity contribution in [1.29, 1.82) is 0 Å². The van der Waals surface area contributed by atoms with Crippen molar-refractivity contribution in [1.82, 2.24) is 0 Å². The third kappa shape index (κ3) is 2.63. The first-order valence-electron chi connectivity index (χ1n) is 8.31. The van der Waals surface area contributed by atoms with E-state index in [9.17, 15) is 0 Å². The Labute approximate surface area is 136 Å². The molecule has 0 aromatic carbocycles. The van der Waals surface area contributed by atoms with Gasteiger partial charge in [-0.3, -0.25) is 0 Å². The fourth-order valence-corrected chi connectivity index (χ4v) is 4.94. The van der Waals surface area contributed by atoms with Crippen molar-refractivity contribution in [2.24, 2.45) is 5.92 Å². The molecule has 1 unspecified atom stereocenters. The molecule has 0 amide bonds. The van der Waals surface area contributed by atoms with E-state index < -0.39 is 0 Å². The summed E-state index contributed by atoms with van der Waals surface area (Å²) in [4.78, 5) is 0. The molecule has 0 spiro atoms. The summed E-state index contributed by atoms with van der Waals surface area (Å²) in [6.07, 6.45) is 13.9. The van der Waals surface area contributed by atoms with E-state index in [1.54, 1.807) is 16.7 Å². The molecule has 0 radical (unpaired) electrons. The first-order valence-corrected chi connectivity index (χ1v) is 10.9. The van der Waals surface area contributed by atoms with Gasteiger partial charge in [0.2, 0.25) is 0 Å². The van der Waals surface area contributed by atoms with Gasteiger partial charge < -0.3 is 0 Å². The molecule has 1 atom stereocenters. The molecule has 0 aromatic heterocycles. The van der Waals surface area contributed by atoms with E-state index in [0.717, 1.165) is 12.8 Å². The van der Waals surface area contributed by atoms with E-state index in [-0.39, 0.29) is 8.41 Å². The number of hydrogen-bond donors (Lipinski definition) is 0. The molecule has 0 fully saturated rings. The van der Waals surface area contributed by atoms with Crippen LogP contribution in [0.15, 0.2) is 69.4 Å². The van der Waals surface area contributed by atoms with Crippen molar-refractivity contribution in [2.75, 3.05) is 0 Å². The zero-order valence-corrected chi connectivity index (χ0v) is 15.5. The topological polar surface area (TPSA) is 0 Å². The zero-order chi connectivity index (χ0) is 15.9. The second kappa shape index (κ2) is 5.96. The van der Waals surface area contributed by atoms with Gasteiger partial charge in [0.1, 0.15) is 0 Å². The van der Waals surface area contributed by atoms with Gasteiger partial charge in [0.15, 0.2) is 0 Å². The summed E-state index contributed by atoms with van der Waals surface area (Å²) in [6.45, 7) is 11.6. The molecule has 0 heterocycles. The molecule has 1 heteroatoms. The third-order valence-corrected chi connectivity index (χ3v) is 6.08. The van der Waals surface area contributed by atoms with E-state index in [2.05, 4.69) is 69.9 Å². The highest BCUT2D eigenvalue weighted by Gasteiger charge is 2.29. The van der Waals surface area contributed by atoms with Crippen molar-refractivity contribution in [3.8, 4) is 0 Å². The van der Waals surface area contributed by atoms with Crippen molar-refractivity contribution < 1.29 is 0 Å². The second-order valence-electron chi connectivity index (χ2n) is 6.95. The fourth-order valence-electron chi connectivity index (χ4n) is 3.84. The summed E-state index contributed by atoms with van der Waals surface area (Å²) < 4.78 is 0. The van der Waals surface area contributed by atoms with Crippen molar-refractivity contribution in [2.45, 2.75) is 46.7 Å². The molecule has 0 aliphatic heterocycles. The maximum Gasteiger partial charge on any atom is 0.00257 e. The molecule has 114 valence electrons. The molecule has 0 bridgehead atoms. The minimum Gasteiger partial charge on any atom is -0.0963 e. The highest BCUT2D eigenvalue weighted by atomic mass is 28.2. The van der Waals surface area contributed by atoms with Crippen molar-refractivity contribution >= 4 is 14.1 Å². The van der Waals surface area contributed by atoms with Gasteiger partial charge in [0.05, 0.1) is 0 Å². The zero-order valence-electron chi connectivity index (χ0n) is 14.5. The lowest BCUT2D eigenvalue weighted by molar-refractivity contribution is 0.859. The summed E-state index contributed by atoms with van der Waals surface area (Å²) in [5.41, 5.74) is 13.2. The Morgan fingerprint density at radius 2 is 1.91 bits per heavy atom. The van der Waals surface area contributed by atoms with E-state index in [4.69, 9.17) is 0 Å². The number of hydrogen-bond acceptors (Lipinski definition) is 0. The Balaban J connectivity index is 2.19. The van der Waals surface area contributed by atoms with Crippen LogP contribution in [-0.2, 0) is 0 Å². The fraction of sp³-hybridized carbons (Fsp3) is 0.381. The minimum absolute atomic E-state index is 0.347. The maximum absolute atomic E-state index is 2.63. The lowest BCUT2D eigenvalue weighted by Gasteiger charge is -2.19. The number of fused-ring (bicyclic) bond motifs is 1. The first kappa shape index (κ1) is 15.4. The van der Waals surface area contributed by atoms with Gasteiger partial charge in [-0.1, -0.05) is 54.7 Å². The second-order valence-corrected chi connectivity index (χ2v) is 9.44. The van der Waals surface area contributed by atoms with Crippen LogP contribution in [0.25, 0.3) is 0 Å². The SMILES string of the molecule is CC1=CCC(C2=C3C(=CC=CCC3C=[Si](C)C)C=C2C)=C1C. The molecule has 0 aromatic rings. The van der Waals surface area contributed by atoms with E-state index >= 15 is 0 Å². The summed E-state index contributed by atoms with van der Waals surface area (Å²) >= 11 is 0. The first-order chi connectivity index (χ1) is 10.5. The summed E-state index contributed by atoms with van der Waals surface area (Å²) in [5.74, 6) is 0.582. The van der Waals surface area contributed by atoms with Crippen LogP contribution in [-0.4, -0.2) is 14.1 Å². The summed E-state index contributed by atoms with van der Waals surface area (Å²) in [6, 6.07) is 0. The molecule has 0 N–H and O–H groups in total. The van der Waals surface area contributed by atoms with Crippen LogP contribution in [0.5, 0.6) is 0 Å². The Morgan fingerprint density at radius 3 is 2.55 bits per heavy atom. The van der Waals surface area contributed by atoms with Crippen molar-refractivity contribution in [3.05, 3.63) is 69.4 Å². The monoisotopic (exact) mass is 306 g/mol. The molecule has 0 saturated heterocycles. The van der Waals surface area contributed by atoms with Gasteiger partial charge in [-0.15, -0.1) is 0 Å². The van der Waals surface area contributed by atoms with Crippen LogP contribution >= 0.6 is 0 Å². The average Bonchev–Trinajstić information content (AvgIpc) is 2.87. The molecular weight excluding hydrogens is 280 g/mol. The van der Waals surface area contributed by atoms with Gasteiger partial charge in [-0.25, -0.2) is 0 Å². The molecule has 3 rings (SSSR count). The largest absolute Gasteiger partial charge is 0.0963 e. The van der Waals surface area contributed by atoms with E-state index in [1.165, 1.54) is 22.3 Å². The van der Waals surface area contributed by atoms with Crippen LogP contribution in [0.2, 0.25) is 13.1 Å². The summed E-state index contributed by atoms with van der Waals surface area (Å²) in [7, 11) is -0.347. The van der Waals surface area contributed by atoms with Gasteiger partial charge >= 0.3 is 0 Å². The number of rotatable bonds is 2. The minimum atomic E-state index is -0.347. The highest BCUT2D eigenvalue weighted by Crippen LogP contribution is 2.45. The Bertz CT molecular complexity index is 726. The van der Waals surface area contributed by atoms with Gasteiger partial charge in [-0.2, -0.15) is 0 Å². The normalized spacial score (nSPS) is 24.0. The average molecular weight is 307 g/mol. The van der Waals surface area contributed by atoms with Crippen molar-refractivity contribution in [3.63, 3.8) is 0 Å². The molecule has 0 saturated carbocycles. The highest BCUT2D eigenvalue weighted by molar-refractivity contribution is 6.64. The lowest BCUT2D eigenvalue weighted by atomic mass is 9.86. The predicted molar refractivity (Wildman–Crippen MR) is 101 cm³/mol. The Hall–Kier alpha value is -1.47. The van der Waals surface area contributed by atoms with E-state index in [0.29, 0.717) is 5.92 Å². The third-order valence-electron chi connectivity index (χ3n) is 5.01. The van der Waals surface area contributed by atoms with Gasteiger partial charge in [0.25, 0.3) is 0 Å². The van der Waals surface area contributed by atoms with Crippen LogP contribution in [0, 0.1) is 5.92 Å². The predicted octanol–water partition coefficient (Wildman–Crippen LogP) is 5.55. The lowest BCUT2D eigenvalue weighted by Crippen LogP contribution is -2.12. The Kier molecular flexibility index (Phi) is 4.18. The van der Waals surface area contributed by atoms with Gasteiger partial charge in [-0.05, 0) is 75.5 Å². The maximum atomic E-state index is 2.63. The quantitative estimate of drug-likeness (QED) is 0.587. The summed E-state index contributed by atoms with van der Waals surface area (Å²) in [5, 5.41) is 0. The standard InChI is InChI=1S/C21H26Si/c1-14-10-11-19(16(14)3)20-15(2)12-17-8-6-7-9-18(21(17)20)13-22(4)5/h6-8,10,12-13,18H,9,11H2,1-5H3. The van der Waals surface area contributed by atoms with E-state index in [1.807, 2.05) is 0 Å². The Morgan fingerprint density at radius 1 is 1.14 bits per heavy atom. The van der Waals surface area contributed by atoms with Crippen LogP contribution in [0.3, 0.4) is 0 Å². The number of allylic oxidation sites excluding steroid dienone is 12. The smallest absolute Gasteiger partial charge is 0.00257 e. The molecule has 0 nitrogen and oxygen atoms in total.